The first kappa shape index (κ1) is 13.4. The van der Waals surface area contributed by atoms with Crippen molar-refractivity contribution in [1.82, 2.24) is 9.97 Å². The second kappa shape index (κ2) is 5.09. The minimum Gasteiger partial charge on any atom is -0.369 e. The van der Waals surface area contributed by atoms with Crippen LogP contribution in [-0.2, 0) is 15.6 Å². The van der Waals surface area contributed by atoms with Crippen LogP contribution in [0.1, 0.15) is 18.4 Å². The van der Waals surface area contributed by atoms with Gasteiger partial charge in [-0.05, 0) is 29.8 Å². The van der Waals surface area contributed by atoms with Gasteiger partial charge in [0, 0.05) is 12.8 Å². The van der Waals surface area contributed by atoms with Crippen LogP contribution in [0.15, 0.2) is 4.47 Å². The minimum atomic E-state index is -3.11. The number of halogens is 1. The van der Waals surface area contributed by atoms with Crippen LogP contribution in [0.5, 0.6) is 0 Å². The van der Waals surface area contributed by atoms with Crippen molar-refractivity contribution in [3.05, 3.63) is 16.0 Å². The number of aromatic nitrogens is 2. The number of rotatable bonds is 4. The van der Waals surface area contributed by atoms with E-state index in [2.05, 4.69) is 31.2 Å². The summed E-state index contributed by atoms with van der Waals surface area (Å²) in [6, 6.07) is 0. The van der Waals surface area contributed by atoms with Gasteiger partial charge in [0.25, 0.3) is 0 Å². The van der Waals surface area contributed by atoms with Crippen LogP contribution in [0.4, 0.5) is 5.82 Å². The summed E-state index contributed by atoms with van der Waals surface area (Å²) < 4.78 is 23.1. The third kappa shape index (κ3) is 3.71. The smallest absolute Gasteiger partial charge is 0.154 e. The van der Waals surface area contributed by atoms with E-state index in [0.29, 0.717) is 18.2 Å². The largest absolute Gasteiger partial charge is 0.369 e. The SMILES string of the molecule is CCNc1nc(CS(C)(=O)=O)nc(C)c1Br. The molecule has 5 nitrogen and oxygen atoms in total. The van der Waals surface area contributed by atoms with Crippen molar-refractivity contribution in [2.24, 2.45) is 0 Å². The van der Waals surface area contributed by atoms with Crippen LogP contribution in [0.25, 0.3) is 0 Å². The zero-order valence-corrected chi connectivity index (χ0v) is 11.8. The molecule has 1 N–H and O–H groups in total. The third-order valence-corrected chi connectivity index (χ3v) is 3.53. The maximum Gasteiger partial charge on any atom is 0.154 e. The second-order valence-corrected chi connectivity index (χ2v) is 6.42. The molecule has 1 aromatic rings. The fraction of sp³-hybridized carbons (Fsp3) is 0.556. The highest BCUT2D eigenvalue weighted by molar-refractivity contribution is 9.10. The van der Waals surface area contributed by atoms with Crippen LogP contribution in [0.3, 0.4) is 0 Å². The highest BCUT2D eigenvalue weighted by Crippen LogP contribution is 2.23. The van der Waals surface area contributed by atoms with Gasteiger partial charge in [-0.15, -0.1) is 0 Å². The van der Waals surface area contributed by atoms with Crippen molar-refractivity contribution in [2.45, 2.75) is 19.6 Å². The van der Waals surface area contributed by atoms with Crippen LogP contribution < -0.4 is 5.32 Å². The van der Waals surface area contributed by atoms with Crippen molar-refractivity contribution >= 4 is 31.6 Å². The number of anilines is 1. The lowest BCUT2D eigenvalue weighted by Crippen LogP contribution is -2.10. The standard InChI is InChI=1S/C9H14BrN3O2S/c1-4-11-9-8(10)6(2)12-7(13-9)5-16(3,14)15/h4-5H2,1-3H3,(H,11,12,13). The van der Waals surface area contributed by atoms with E-state index in [1.807, 2.05) is 6.92 Å². The molecule has 0 fully saturated rings. The Morgan fingerprint density at radius 2 is 2.00 bits per heavy atom. The van der Waals surface area contributed by atoms with E-state index in [1.165, 1.54) is 6.26 Å². The van der Waals surface area contributed by atoms with E-state index >= 15 is 0 Å². The van der Waals surface area contributed by atoms with Crippen LogP contribution in [-0.4, -0.2) is 31.2 Å². The maximum atomic E-state index is 11.2. The third-order valence-electron chi connectivity index (χ3n) is 1.80. The van der Waals surface area contributed by atoms with E-state index < -0.39 is 9.84 Å². The molecule has 1 aromatic heterocycles. The minimum absolute atomic E-state index is 0.139. The van der Waals surface area contributed by atoms with Crippen LogP contribution in [0.2, 0.25) is 0 Å². The van der Waals surface area contributed by atoms with Gasteiger partial charge in [-0.25, -0.2) is 18.4 Å². The normalized spacial score (nSPS) is 11.5. The molecule has 16 heavy (non-hydrogen) atoms. The number of nitrogens with one attached hydrogen (secondary N) is 1. The molecule has 0 aromatic carbocycles. The average Bonchev–Trinajstić information content (AvgIpc) is 2.11. The lowest BCUT2D eigenvalue weighted by molar-refractivity contribution is 0.599. The van der Waals surface area contributed by atoms with Gasteiger partial charge in [0.1, 0.15) is 17.4 Å². The number of aryl methyl sites for hydroxylation is 1. The summed E-state index contributed by atoms with van der Waals surface area (Å²) in [4.78, 5) is 8.28. The van der Waals surface area contributed by atoms with Crippen LogP contribution >= 0.6 is 15.9 Å². The first-order valence-electron chi connectivity index (χ1n) is 4.78. The number of nitrogens with zero attached hydrogens (tertiary/aromatic N) is 2. The van der Waals surface area contributed by atoms with E-state index in [9.17, 15) is 8.42 Å². The van der Waals surface area contributed by atoms with Gasteiger partial charge in [0.2, 0.25) is 0 Å². The second-order valence-electron chi connectivity index (χ2n) is 3.49. The summed E-state index contributed by atoms with van der Waals surface area (Å²) in [6.07, 6.45) is 1.17. The summed E-state index contributed by atoms with van der Waals surface area (Å²) in [6.45, 7) is 4.46. The Bertz CT molecular complexity index is 488. The quantitative estimate of drug-likeness (QED) is 0.913. The molecular weight excluding hydrogens is 294 g/mol. The molecule has 0 unspecified atom stereocenters. The average molecular weight is 308 g/mol. The summed E-state index contributed by atoms with van der Waals surface area (Å²) >= 11 is 3.36. The molecule has 0 saturated heterocycles. The van der Waals surface area contributed by atoms with Gasteiger partial charge in [0.05, 0.1) is 10.2 Å². The van der Waals surface area contributed by atoms with E-state index in [0.717, 1.165) is 10.2 Å². The van der Waals surface area contributed by atoms with Gasteiger partial charge in [-0.1, -0.05) is 0 Å². The Morgan fingerprint density at radius 1 is 1.38 bits per heavy atom. The summed E-state index contributed by atoms with van der Waals surface area (Å²) in [5, 5.41) is 3.05. The van der Waals surface area contributed by atoms with Gasteiger partial charge in [-0.3, -0.25) is 0 Å². The molecule has 0 atom stereocenters. The summed E-state index contributed by atoms with van der Waals surface area (Å²) in [5.74, 6) is 0.812. The summed E-state index contributed by atoms with van der Waals surface area (Å²) in [7, 11) is -3.11. The van der Waals surface area contributed by atoms with E-state index in [4.69, 9.17) is 0 Å². The first-order valence-corrected chi connectivity index (χ1v) is 7.63. The van der Waals surface area contributed by atoms with Crippen molar-refractivity contribution in [1.29, 1.82) is 0 Å². The zero-order chi connectivity index (χ0) is 12.3. The molecule has 0 radical (unpaired) electrons. The molecule has 0 saturated carbocycles. The van der Waals surface area contributed by atoms with Gasteiger partial charge in [-0.2, -0.15) is 0 Å². The van der Waals surface area contributed by atoms with Gasteiger partial charge in [0.15, 0.2) is 9.84 Å². The van der Waals surface area contributed by atoms with E-state index in [-0.39, 0.29) is 5.75 Å². The number of sulfone groups is 1. The molecule has 7 heteroatoms. The van der Waals surface area contributed by atoms with Crippen molar-refractivity contribution in [2.75, 3.05) is 18.1 Å². The molecule has 0 amide bonds. The predicted molar refractivity (Wildman–Crippen MR) is 67.2 cm³/mol. The molecule has 0 bridgehead atoms. The lowest BCUT2D eigenvalue weighted by atomic mass is 10.4. The molecule has 0 spiro atoms. The molecule has 1 rings (SSSR count). The van der Waals surface area contributed by atoms with Gasteiger partial charge < -0.3 is 5.32 Å². The highest BCUT2D eigenvalue weighted by atomic mass is 79.9. The fourth-order valence-electron chi connectivity index (χ4n) is 1.20. The Balaban J connectivity index is 3.13. The van der Waals surface area contributed by atoms with Gasteiger partial charge >= 0.3 is 0 Å². The maximum absolute atomic E-state index is 11.2. The molecule has 90 valence electrons. The number of hydrogen-bond donors (Lipinski definition) is 1. The Kier molecular flexibility index (Phi) is 4.26. The monoisotopic (exact) mass is 307 g/mol. The predicted octanol–water partition coefficient (Wildman–Crippen LogP) is 1.52. The Labute approximate surface area is 104 Å². The molecule has 1 heterocycles. The molecule has 0 aliphatic rings. The van der Waals surface area contributed by atoms with E-state index in [1.54, 1.807) is 6.92 Å². The molecule has 0 aliphatic heterocycles. The highest BCUT2D eigenvalue weighted by Gasteiger charge is 2.12. The van der Waals surface area contributed by atoms with Crippen molar-refractivity contribution in [3.63, 3.8) is 0 Å². The van der Waals surface area contributed by atoms with Crippen LogP contribution in [0, 0.1) is 6.92 Å². The van der Waals surface area contributed by atoms with Crippen molar-refractivity contribution < 1.29 is 8.42 Å². The molecular formula is C9H14BrN3O2S. The first-order chi connectivity index (χ1) is 7.33. The fourth-order valence-corrected chi connectivity index (χ4v) is 2.12. The Morgan fingerprint density at radius 3 is 2.50 bits per heavy atom. The molecule has 0 aliphatic carbocycles. The topological polar surface area (TPSA) is 72.0 Å². The zero-order valence-electron chi connectivity index (χ0n) is 9.41. The lowest BCUT2D eigenvalue weighted by Gasteiger charge is -2.09. The Hall–Kier alpha value is -0.690. The summed E-state index contributed by atoms with van der Waals surface area (Å²) in [5.41, 5.74) is 0.726. The number of hydrogen-bond acceptors (Lipinski definition) is 5. The van der Waals surface area contributed by atoms with Crippen molar-refractivity contribution in [3.8, 4) is 0 Å².